The molecule has 1 fully saturated rings. The van der Waals surface area contributed by atoms with Crippen LogP contribution in [-0.4, -0.2) is 57.0 Å². The standard InChI is InChI=1S/C25H30N4O5/c1-31-20-9-7-18(8-10-20)23-27-25(34-28-23)29-14-4-5-19(16-29)24(30)26-13-12-17-6-11-21(32-2)15-22(17)33-3/h6-11,15,19H,4-5,12-14,16H2,1-3H3,(H,26,30). The van der Waals surface area contributed by atoms with Gasteiger partial charge in [0.25, 0.3) is 0 Å². The molecule has 1 aromatic heterocycles. The number of hydrogen-bond acceptors (Lipinski definition) is 8. The molecule has 1 atom stereocenters. The molecule has 1 aliphatic heterocycles. The van der Waals surface area contributed by atoms with Crippen LogP contribution in [0.2, 0.25) is 0 Å². The molecule has 180 valence electrons. The summed E-state index contributed by atoms with van der Waals surface area (Å²) >= 11 is 0. The van der Waals surface area contributed by atoms with E-state index >= 15 is 0 Å². The summed E-state index contributed by atoms with van der Waals surface area (Å²) in [4.78, 5) is 19.4. The van der Waals surface area contributed by atoms with Gasteiger partial charge in [-0.05, 0) is 55.2 Å². The molecule has 1 N–H and O–H groups in total. The Morgan fingerprint density at radius 3 is 2.59 bits per heavy atom. The lowest BCUT2D eigenvalue weighted by molar-refractivity contribution is -0.125. The Kier molecular flexibility index (Phi) is 7.51. The predicted octanol–water partition coefficient (Wildman–Crippen LogP) is 3.34. The lowest BCUT2D eigenvalue weighted by Crippen LogP contribution is -2.43. The van der Waals surface area contributed by atoms with E-state index in [1.165, 1.54) is 0 Å². The van der Waals surface area contributed by atoms with Gasteiger partial charge in [-0.3, -0.25) is 4.79 Å². The molecule has 1 amide bonds. The average molecular weight is 467 g/mol. The first-order valence-corrected chi connectivity index (χ1v) is 11.3. The van der Waals surface area contributed by atoms with Gasteiger partial charge in [0, 0.05) is 31.3 Å². The van der Waals surface area contributed by atoms with Crippen LogP contribution in [0.1, 0.15) is 18.4 Å². The van der Waals surface area contributed by atoms with Crippen molar-refractivity contribution < 1.29 is 23.5 Å². The highest BCUT2D eigenvalue weighted by Crippen LogP contribution is 2.27. The molecule has 3 aromatic rings. The largest absolute Gasteiger partial charge is 0.497 e. The van der Waals surface area contributed by atoms with Gasteiger partial charge >= 0.3 is 6.01 Å². The highest BCUT2D eigenvalue weighted by Gasteiger charge is 2.28. The van der Waals surface area contributed by atoms with E-state index in [1.807, 2.05) is 47.4 Å². The quantitative estimate of drug-likeness (QED) is 0.513. The molecule has 0 aliphatic carbocycles. The summed E-state index contributed by atoms with van der Waals surface area (Å²) < 4.78 is 21.4. The molecule has 1 unspecified atom stereocenters. The number of rotatable bonds is 9. The summed E-state index contributed by atoms with van der Waals surface area (Å²) in [6, 6.07) is 13.6. The molecular formula is C25H30N4O5. The molecule has 2 aromatic carbocycles. The SMILES string of the molecule is COc1ccc(-c2noc(N3CCCC(C(=O)NCCc4ccc(OC)cc4OC)C3)n2)cc1. The van der Waals surface area contributed by atoms with Crippen molar-refractivity contribution in [2.24, 2.45) is 5.92 Å². The number of methoxy groups -OCH3 is 3. The molecular weight excluding hydrogens is 436 g/mol. The number of piperidine rings is 1. The number of amides is 1. The molecule has 9 nitrogen and oxygen atoms in total. The number of nitrogens with one attached hydrogen (secondary N) is 1. The molecule has 9 heteroatoms. The molecule has 0 bridgehead atoms. The van der Waals surface area contributed by atoms with Gasteiger partial charge in [-0.1, -0.05) is 11.2 Å². The Bertz CT molecular complexity index is 1100. The highest BCUT2D eigenvalue weighted by molar-refractivity contribution is 5.79. The maximum atomic E-state index is 12.8. The van der Waals surface area contributed by atoms with Gasteiger partial charge in [0.1, 0.15) is 17.2 Å². The minimum Gasteiger partial charge on any atom is -0.497 e. The third-order valence-electron chi connectivity index (χ3n) is 6.01. The Labute approximate surface area is 199 Å². The van der Waals surface area contributed by atoms with E-state index in [-0.39, 0.29) is 11.8 Å². The summed E-state index contributed by atoms with van der Waals surface area (Å²) in [5.41, 5.74) is 1.86. The summed E-state index contributed by atoms with van der Waals surface area (Å²) in [6.07, 6.45) is 2.38. The molecule has 0 spiro atoms. The molecule has 2 heterocycles. The minimum absolute atomic E-state index is 0.0343. The van der Waals surface area contributed by atoms with Crippen LogP contribution in [0.5, 0.6) is 17.2 Å². The maximum absolute atomic E-state index is 12.8. The first kappa shape index (κ1) is 23.4. The van der Waals surface area contributed by atoms with E-state index in [0.717, 1.165) is 47.8 Å². The van der Waals surface area contributed by atoms with Crippen molar-refractivity contribution in [3.63, 3.8) is 0 Å². The lowest BCUT2D eigenvalue weighted by atomic mass is 9.97. The van der Waals surface area contributed by atoms with Gasteiger partial charge in [0.15, 0.2) is 0 Å². The Morgan fingerprint density at radius 2 is 1.85 bits per heavy atom. The normalized spacial score (nSPS) is 15.6. The third kappa shape index (κ3) is 5.41. The van der Waals surface area contributed by atoms with Crippen LogP contribution in [0, 0.1) is 5.92 Å². The Hall–Kier alpha value is -3.75. The second-order valence-electron chi connectivity index (χ2n) is 8.13. The number of nitrogens with zero attached hydrogens (tertiary/aromatic N) is 3. The smallest absolute Gasteiger partial charge is 0.324 e. The van der Waals surface area contributed by atoms with Crippen LogP contribution in [0.3, 0.4) is 0 Å². The van der Waals surface area contributed by atoms with Crippen molar-refractivity contribution in [1.82, 2.24) is 15.5 Å². The fourth-order valence-corrected chi connectivity index (χ4v) is 4.09. The molecule has 0 radical (unpaired) electrons. The summed E-state index contributed by atoms with van der Waals surface area (Å²) in [7, 11) is 4.88. The Balaban J connectivity index is 1.32. The topological polar surface area (TPSA) is 99.0 Å². The second kappa shape index (κ2) is 10.9. The van der Waals surface area contributed by atoms with E-state index in [9.17, 15) is 4.79 Å². The van der Waals surface area contributed by atoms with Crippen LogP contribution in [-0.2, 0) is 11.2 Å². The fraction of sp³-hybridized carbons (Fsp3) is 0.400. The zero-order valence-corrected chi connectivity index (χ0v) is 19.7. The van der Waals surface area contributed by atoms with Crippen LogP contribution in [0.4, 0.5) is 6.01 Å². The number of anilines is 1. The van der Waals surface area contributed by atoms with Gasteiger partial charge in [-0.15, -0.1) is 0 Å². The van der Waals surface area contributed by atoms with Crippen LogP contribution < -0.4 is 24.4 Å². The van der Waals surface area contributed by atoms with E-state index in [1.54, 1.807) is 21.3 Å². The number of carbonyl (C=O) groups excluding carboxylic acids is 1. The lowest BCUT2D eigenvalue weighted by Gasteiger charge is -2.30. The van der Waals surface area contributed by atoms with Crippen molar-refractivity contribution in [3.8, 4) is 28.6 Å². The van der Waals surface area contributed by atoms with Crippen molar-refractivity contribution in [2.75, 3.05) is 45.9 Å². The number of carbonyl (C=O) groups is 1. The van der Waals surface area contributed by atoms with Gasteiger partial charge in [-0.2, -0.15) is 4.98 Å². The summed E-state index contributed by atoms with van der Waals surface area (Å²) in [5, 5.41) is 7.17. The predicted molar refractivity (Wildman–Crippen MR) is 127 cm³/mol. The molecule has 0 saturated carbocycles. The van der Waals surface area contributed by atoms with Gasteiger partial charge in [0.2, 0.25) is 11.7 Å². The Morgan fingerprint density at radius 1 is 1.09 bits per heavy atom. The van der Waals surface area contributed by atoms with Crippen LogP contribution >= 0.6 is 0 Å². The van der Waals surface area contributed by atoms with Crippen molar-refractivity contribution in [1.29, 1.82) is 0 Å². The van der Waals surface area contributed by atoms with Crippen molar-refractivity contribution >= 4 is 11.9 Å². The molecule has 34 heavy (non-hydrogen) atoms. The monoisotopic (exact) mass is 466 g/mol. The first-order valence-electron chi connectivity index (χ1n) is 11.3. The van der Waals surface area contributed by atoms with Crippen molar-refractivity contribution in [2.45, 2.75) is 19.3 Å². The molecule has 4 rings (SSSR count). The van der Waals surface area contributed by atoms with Crippen LogP contribution in [0.25, 0.3) is 11.4 Å². The van der Waals surface area contributed by atoms with E-state index in [0.29, 0.717) is 31.3 Å². The molecule has 1 saturated heterocycles. The number of aromatic nitrogens is 2. The highest BCUT2D eigenvalue weighted by atomic mass is 16.5. The minimum atomic E-state index is -0.136. The van der Waals surface area contributed by atoms with Crippen molar-refractivity contribution in [3.05, 3.63) is 48.0 Å². The zero-order valence-electron chi connectivity index (χ0n) is 19.7. The van der Waals surface area contributed by atoms with Gasteiger partial charge < -0.3 is 29.0 Å². The molecule has 1 aliphatic rings. The maximum Gasteiger partial charge on any atom is 0.324 e. The summed E-state index contributed by atoms with van der Waals surface area (Å²) in [5.74, 6) is 2.67. The van der Waals surface area contributed by atoms with E-state index in [4.69, 9.17) is 18.7 Å². The number of ether oxygens (including phenoxy) is 3. The van der Waals surface area contributed by atoms with Gasteiger partial charge in [0.05, 0.1) is 27.2 Å². The second-order valence-corrected chi connectivity index (χ2v) is 8.13. The average Bonchev–Trinajstić information content (AvgIpc) is 3.39. The summed E-state index contributed by atoms with van der Waals surface area (Å²) in [6.45, 7) is 1.85. The number of benzene rings is 2. The van der Waals surface area contributed by atoms with E-state index < -0.39 is 0 Å². The van der Waals surface area contributed by atoms with E-state index in [2.05, 4.69) is 15.5 Å². The van der Waals surface area contributed by atoms with Gasteiger partial charge in [-0.25, -0.2) is 0 Å². The zero-order chi connectivity index (χ0) is 23.9. The number of hydrogen-bond donors (Lipinski definition) is 1. The third-order valence-corrected chi connectivity index (χ3v) is 6.01. The fourth-order valence-electron chi connectivity index (χ4n) is 4.09. The van der Waals surface area contributed by atoms with Crippen LogP contribution in [0.15, 0.2) is 47.0 Å². The first-order chi connectivity index (χ1) is 16.6.